The van der Waals surface area contributed by atoms with Crippen molar-refractivity contribution in [3.05, 3.63) is 51.0 Å². The molecule has 3 nitrogen and oxygen atoms in total. The van der Waals surface area contributed by atoms with Gasteiger partial charge in [0.1, 0.15) is 4.83 Å². The van der Waals surface area contributed by atoms with Gasteiger partial charge in [-0.2, -0.15) is 0 Å². The fourth-order valence-corrected chi connectivity index (χ4v) is 5.64. The maximum atomic E-state index is 11.4. The van der Waals surface area contributed by atoms with Crippen molar-refractivity contribution in [2.24, 2.45) is 0 Å². The van der Waals surface area contributed by atoms with E-state index in [1.807, 2.05) is 23.5 Å². The number of methoxy groups -OCH3 is 1. The smallest absolute Gasteiger partial charge is 0.305 e. The Morgan fingerprint density at radius 3 is 2.75 bits per heavy atom. The van der Waals surface area contributed by atoms with E-state index in [0.29, 0.717) is 6.42 Å². The lowest BCUT2D eigenvalue weighted by Crippen LogP contribution is -2.02. The number of ether oxygens (including phenoxy) is 1. The summed E-state index contributed by atoms with van der Waals surface area (Å²) in [5, 5.41) is 2.09. The summed E-state index contributed by atoms with van der Waals surface area (Å²) in [6, 6.07) is 8.17. The van der Waals surface area contributed by atoms with Gasteiger partial charge in [-0.25, -0.2) is 4.98 Å². The lowest BCUT2D eigenvalue weighted by molar-refractivity contribution is -0.140. The van der Waals surface area contributed by atoms with E-state index in [1.165, 1.54) is 52.5 Å². The van der Waals surface area contributed by atoms with Crippen LogP contribution < -0.4 is 0 Å². The molecule has 0 unspecified atom stereocenters. The van der Waals surface area contributed by atoms with E-state index in [0.717, 1.165) is 41.2 Å². The highest BCUT2D eigenvalue weighted by Crippen LogP contribution is 2.44. The monoisotopic (exact) mass is 413 g/mol. The first kappa shape index (κ1) is 19.4. The van der Waals surface area contributed by atoms with Crippen LogP contribution >= 0.6 is 22.9 Å². The Labute approximate surface area is 174 Å². The number of esters is 1. The lowest BCUT2D eigenvalue weighted by atomic mass is 9.91. The molecule has 28 heavy (non-hydrogen) atoms. The summed E-state index contributed by atoms with van der Waals surface area (Å²) in [5.74, 6) is -0.140. The average molecular weight is 414 g/mol. The van der Waals surface area contributed by atoms with Crippen LogP contribution in [0.25, 0.3) is 21.3 Å². The van der Waals surface area contributed by atoms with Crippen LogP contribution in [0.3, 0.4) is 0 Å². The van der Waals surface area contributed by atoms with Crippen molar-refractivity contribution in [2.75, 3.05) is 7.11 Å². The van der Waals surface area contributed by atoms with E-state index in [-0.39, 0.29) is 5.97 Å². The van der Waals surface area contributed by atoms with E-state index >= 15 is 0 Å². The van der Waals surface area contributed by atoms with Crippen LogP contribution in [0.2, 0.25) is 5.02 Å². The number of thiophene rings is 1. The highest BCUT2D eigenvalue weighted by atomic mass is 35.5. The second-order valence-electron chi connectivity index (χ2n) is 7.38. The quantitative estimate of drug-likeness (QED) is 0.351. The van der Waals surface area contributed by atoms with Crippen LogP contribution in [0.5, 0.6) is 0 Å². The second-order valence-corrected chi connectivity index (χ2v) is 8.90. The van der Waals surface area contributed by atoms with Gasteiger partial charge in [-0.1, -0.05) is 23.7 Å². The standard InChI is InChI=1S/C23H24ClNO2S/c1-14-17(6-3-4-9-20(26)27-2)21(15-10-12-16(24)13-11-15)22-18-7-5-8-19(18)28-23(22)25-14/h10-13H,3-9H2,1-2H3. The van der Waals surface area contributed by atoms with Gasteiger partial charge in [-0.3, -0.25) is 4.79 Å². The Bertz CT molecular complexity index is 1020. The van der Waals surface area contributed by atoms with Crippen LogP contribution in [-0.2, 0) is 28.8 Å². The first-order valence-corrected chi connectivity index (χ1v) is 11.0. The largest absolute Gasteiger partial charge is 0.469 e. The predicted octanol–water partition coefficient (Wildman–Crippen LogP) is 6.30. The number of nitrogens with zero attached hydrogens (tertiary/aromatic N) is 1. The lowest BCUT2D eigenvalue weighted by Gasteiger charge is -2.15. The number of unbranched alkanes of at least 4 members (excludes halogenated alkanes) is 1. The fourth-order valence-electron chi connectivity index (χ4n) is 4.19. The highest BCUT2D eigenvalue weighted by molar-refractivity contribution is 7.19. The van der Waals surface area contributed by atoms with Crippen LogP contribution in [0, 0.1) is 6.92 Å². The zero-order valence-corrected chi connectivity index (χ0v) is 17.9. The number of rotatable bonds is 6. The molecular weight excluding hydrogens is 390 g/mol. The first-order valence-electron chi connectivity index (χ1n) is 9.85. The summed E-state index contributed by atoms with van der Waals surface area (Å²) in [5.41, 5.74) is 6.41. The fraction of sp³-hybridized carbons (Fsp3) is 0.391. The Kier molecular flexibility index (Phi) is 5.70. The van der Waals surface area contributed by atoms with Crippen molar-refractivity contribution in [3.8, 4) is 11.1 Å². The van der Waals surface area contributed by atoms with E-state index in [2.05, 4.69) is 19.1 Å². The normalized spacial score (nSPS) is 13.1. The number of fused-ring (bicyclic) bond motifs is 3. The molecule has 4 rings (SSSR count). The molecule has 146 valence electrons. The molecule has 0 fully saturated rings. The van der Waals surface area contributed by atoms with Crippen molar-refractivity contribution in [1.29, 1.82) is 0 Å². The van der Waals surface area contributed by atoms with Crippen LogP contribution in [-0.4, -0.2) is 18.1 Å². The van der Waals surface area contributed by atoms with Crippen LogP contribution in [0.4, 0.5) is 0 Å². The van der Waals surface area contributed by atoms with E-state index in [9.17, 15) is 4.79 Å². The topological polar surface area (TPSA) is 39.2 Å². The Morgan fingerprint density at radius 2 is 2.00 bits per heavy atom. The van der Waals surface area contributed by atoms with E-state index in [1.54, 1.807) is 0 Å². The first-order chi connectivity index (χ1) is 13.6. The van der Waals surface area contributed by atoms with Crippen molar-refractivity contribution >= 4 is 39.1 Å². The molecule has 2 heterocycles. The minimum Gasteiger partial charge on any atom is -0.469 e. The maximum absolute atomic E-state index is 11.4. The summed E-state index contributed by atoms with van der Waals surface area (Å²) < 4.78 is 4.77. The summed E-state index contributed by atoms with van der Waals surface area (Å²) in [6.07, 6.45) is 6.69. The van der Waals surface area contributed by atoms with Gasteiger partial charge in [0.15, 0.2) is 0 Å². The number of halogens is 1. The third-order valence-electron chi connectivity index (χ3n) is 5.58. The van der Waals surface area contributed by atoms with Gasteiger partial charge >= 0.3 is 5.97 Å². The van der Waals surface area contributed by atoms with Gasteiger partial charge in [0, 0.05) is 27.4 Å². The SMILES string of the molecule is COC(=O)CCCCc1c(C)nc2sc3c(c2c1-c1ccc(Cl)cc1)CCC3. The van der Waals surface area contributed by atoms with Crippen molar-refractivity contribution < 1.29 is 9.53 Å². The molecule has 0 amide bonds. The molecular formula is C23H24ClNO2S. The number of carbonyl (C=O) groups excluding carboxylic acids is 1. The van der Waals surface area contributed by atoms with Gasteiger partial charge < -0.3 is 4.74 Å². The molecule has 0 saturated carbocycles. The van der Waals surface area contributed by atoms with Crippen molar-refractivity contribution in [3.63, 3.8) is 0 Å². The molecule has 5 heteroatoms. The summed E-state index contributed by atoms with van der Waals surface area (Å²) in [4.78, 5) is 19.1. The molecule has 1 aromatic carbocycles. The van der Waals surface area contributed by atoms with Crippen LogP contribution in [0.1, 0.15) is 47.4 Å². The molecule has 2 aromatic heterocycles. The van der Waals surface area contributed by atoms with Gasteiger partial charge in [0.2, 0.25) is 0 Å². The Morgan fingerprint density at radius 1 is 1.21 bits per heavy atom. The second kappa shape index (κ2) is 8.22. The number of hydrogen-bond donors (Lipinski definition) is 0. The molecule has 0 atom stereocenters. The van der Waals surface area contributed by atoms with Crippen molar-refractivity contribution in [2.45, 2.75) is 51.9 Å². The number of aryl methyl sites for hydroxylation is 3. The number of pyridine rings is 1. The molecule has 1 aliphatic rings. The molecule has 0 bridgehead atoms. The third-order valence-corrected chi connectivity index (χ3v) is 7.02. The van der Waals surface area contributed by atoms with Gasteiger partial charge in [-0.15, -0.1) is 11.3 Å². The van der Waals surface area contributed by atoms with Gasteiger partial charge in [0.05, 0.1) is 7.11 Å². The Hall–Kier alpha value is -1.91. The molecule has 0 N–H and O–H groups in total. The summed E-state index contributed by atoms with van der Waals surface area (Å²) >= 11 is 8.01. The van der Waals surface area contributed by atoms with Crippen molar-refractivity contribution in [1.82, 2.24) is 4.98 Å². The average Bonchev–Trinajstić information content (AvgIpc) is 3.26. The van der Waals surface area contributed by atoms with E-state index in [4.69, 9.17) is 21.3 Å². The molecule has 0 spiro atoms. The predicted molar refractivity (Wildman–Crippen MR) is 116 cm³/mol. The minimum atomic E-state index is -0.140. The summed E-state index contributed by atoms with van der Waals surface area (Å²) in [6.45, 7) is 2.11. The Balaban J connectivity index is 1.79. The van der Waals surface area contributed by atoms with Gasteiger partial charge in [-0.05, 0) is 79.8 Å². The molecule has 0 radical (unpaired) electrons. The number of carbonyl (C=O) groups is 1. The highest BCUT2D eigenvalue weighted by Gasteiger charge is 2.24. The van der Waals surface area contributed by atoms with Gasteiger partial charge in [0.25, 0.3) is 0 Å². The number of aromatic nitrogens is 1. The van der Waals surface area contributed by atoms with Crippen LogP contribution in [0.15, 0.2) is 24.3 Å². The number of benzene rings is 1. The molecule has 0 saturated heterocycles. The maximum Gasteiger partial charge on any atom is 0.305 e. The third kappa shape index (κ3) is 3.68. The summed E-state index contributed by atoms with van der Waals surface area (Å²) in [7, 11) is 1.44. The minimum absolute atomic E-state index is 0.140. The van der Waals surface area contributed by atoms with E-state index < -0.39 is 0 Å². The molecule has 1 aliphatic carbocycles. The number of hydrogen-bond acceptors (Lipinski definition) is 4. The molecule has 0 aliphatic heterocycles. The zero-order chi connectivity index (χ0) is 19.7. The molecule has 3 aromatic rings. The zero-order valence-electron chi connectivity index (χ0n) is 16.3.